The smallest absolute Gasteiger partial charge is 0.468 e. The van der Waals surface area contributed by atoms with Crippen molar-refractivity contribution in [1.82, 2.24) is 4.90 Å². The normalized spacial score (nSPS) is 38.9. The molecule has 0 radical (unpaired) electrons. The van der Waals surface area contributed by atoms with Crippen molar-refractivity contribution in [2.75, 3.05) is 38.2 Å². The molecule has 3 saturated heterocycles. The SMILES string of the molecule is COC(=O)CSCC[Si]12O[C@H](C)CN(C[C@@H](C)O1)C[C@@H](C)O2. The van der Waals surface area contributed by atoms with Gasteiger partial charge in [0.1, 0.15) is 0 Å². The van der Waals surface area contributed by atoms with E-state index in [1.54, 1.807) is 11.8 Å². The minimum Gasteiger partial charge on any atom is -0.468 e. The van der Waals surface area contributed by atoms with Crippen molar-refractivity contribution < 1.29 is 22.8 Å². The predicted octanol–water partition coefficient (Wildman–Crippen LogP) is 1.38. The Bertz CT molecular complexity index is 350. The standard InChI is InChI=1S/C14H27NO5SSi/c1-11-7-15-8-12(2)19-22(18-11,20-13(3)9-15)6-5-21-10-14(16)17-4/h11-13H,5-10H2,1-4H3/t11-,12-,13-/m1/s1. The van der Waals surface area contributed by atoms with Gasteiger partial charge in [-0.2, -0.15) is 11.8 Å². The fourth-order valence-electron chi connectivity index (χ4n) is 3.02. The molecule has 2 bridgehead atoms. The van der Waals surface area contributed by atoms with E-state index in [-0.39, 0.29) is 24.3 Å². The van der Waals surface area contributed by atoms with Crippen molar-refractivity contribution in [2.45, 2.75) is 45.1 Å². The molecule has 0 amide bonds. The van der Waals surface area contributed by atoms with Crippen LogP contribution in [-0.2, 0) is 22.8 Å². The second kappa shape index (κ2) is 8.12. The summed E-state index contributed by atoms with van der Waals surface area (Å²) >= 11 is 1.54. The van der Waals surface area contributed by atoms with Gasteiger partial charge in [0.05, 0.1) is 31.2 Å². The van der Waals surface area contributed by atoms with E-state index in [9.17, 15) is 4.79 Å². The number of fused-ring (bicyclic) bond motifs is 6. The largest absolute Gasteiger partial charge is 0.502 e. The third kappa shape index (κ3) is 5.21. The van der Waals surface area contributed by atoms with Gasteiger partial charge >= 0.3 is 14.8 Å². The molecule has 0 aliphatic carbocycles. The zero-order valence-electron chi connectivity index (χ0n) is 13.9. The molecule has 0 aromatic rings. The van der Waals surface area contributed by atoms with E-state index in [4.69, 9.17) is 13.3 Å². The second-order valence-corrected chi connectivity index (χ2v) is 9.74. The quantitative estimate of drug-likeness (QED) is 0.422. The fourth-order valence-corrected chi connectivity index (χ4v) is 7.61. The first-order valence-electron chi connectivity index (χ1n) is 7.83. The third-order valence-electron chi connectivity index (χ3n) is 3.69. The van der Waals surface area contributed by atoms with Crippen LogP contribution in [0.2, 0.25) is 6.04 Å². The maximum Gasteiger partial charge on any atom is 0.502 e. The summed E-state index contributed by atoms with van der Waals surface area (Å²) in [5.41, 5.74) is 0. The minimum atomic E-state index is -2.70. The molecule has 8 heteroatoms. The Labute approximate surface area is 138 Å². The Balaban J connectivity index is 1.99. The summed E-state index contributed by atoms with van der Waals surface area (Å²) in [7, 11) is -1.29. The number of methoxy groups -OCH3 is 1. The molecule has 0 saturated carbocycles. The molecule has 0 N–H and O–H groups in total. The second-order valence-electron chi connectivity index (χ2n) is 6.07. The molecule has 3 fully saturated rings. The van der Waals surface area contributed by atoms with Crippen LogP contribution in [0.15, 0.2) is 0 Å². The number of carbonyl (C=O) groups is 1. The maximum atomic E-state index is 11.2. The topological polar surface area (TPSA) is 57.2 Å². The summed E-state index contributed by atoms with van der Waals surface area (Å²) in [6.07, 6.45) is 0.326. The average molecular weight is 350 g/mol. The van der Waals surface area contributed by atoms with Gasteiger partial charge in [-0.15, -0.1) is 0 Å². The molecule has 128 valence electrons. The van der Waals surface area contributed by atoms with Gasteiger partial charge in [-0.1, -0.05) is 0 Å². The molecule has 3 atom stereocenters. The van der Waals surface area contributed by atoms with Crippen LogP contribution >= 0.6 is 11.8 Å². The Morgan fingerprint density at radius 3 is 2.09 bits per heavy atom. The van der Waals surface area contributed by atoms with Crippen molar-refractivity contribution in [3.8, 4) is 0 Å². The van der Waals surface area contributed by atoms with E-state index >= 15 is 0 Å². The first-order chi connectivity index (χ1) is 10.4. The van der Waals surface area contributed by atoms with E-state index < -0.39 is 8.80 Å². The summed E-state index contributed by atoms with van der Waals surface area (Å²) < 4.78 is 23.4. The Morgan fingerprint density at radius 1 is 1.14 bits per heavy atom. The summed E-state index contributed by atoms with van der Waals surface area (Å²) in [5, 5.41) is 0. The van der Waals surface area contributed by atoms with Crippen LogP contribution in [-0.4, -0.2) is 76.2 Å². The third-order valence-corrected chi connectivity index (χ3v) is 8.13. The van der Waals surface area contributed by atoms with Crippen LogP contribution in [0.5, 0.6) is 0 Å². The number of ether oxygens (including phenoxy) is 1. The molecule has 6 nitrogen and oxygen atoms in total. The lowest BCUT2D eigenvalue weighted by atomic mass is 10.2. The predicted molar refractivity (Wildman–Crippen MR) is 88.0 cm³/mol. The van der Waals surface area contributed by atoms with E-state index in [2.05, 4.69) is 30.4 Å². The Kier molecular flexibility index (Phi) is 6.72. The van der Waals surface area contributed by atoms with Gasteiger partial charge in [0.25, 0.3) is 0 Å². The number of rotatable bonds is 5. The highest BCUT2D eigenvalue weighted by molar-refractivity contribution is 8.00. The van der Waals surface area contributed by atoms with Gasteiger partial charge < -0.3 is 18.0 Å². The molecule has 0 aromatic carbocycles. The number of nitrogens with zero attached hydrogens (tertiary/aromatic N) is 1. The van der Waals surface area contributed by atoms with Gasteiger partial charge in [-0.25, -0.2) is 0 Å². The zero-order valence-corrected chi connectivity index (χ0v) is 15.7. The summed E-state index contributed by atoms with van der Waals surface area (Å²) in [4.78, 5) is 13.6. The molecule has 3 aliphatic heterocycles. The van der Waals surface area contributed by atoms with Crippen LogP contribution in [0.4, 0.5) is 0 Å². The van der Waals surface area contributed by atoms with E-state index in [1.165, 1.54) is 7.11 Å². The minimum absolute atomic E-state index is 0.109. The fraction of sp³-hybridized carbons (Fsp3) is 0.929. The number of hydrogen-bond donors (Lipinski definition) is 0. The summed E-state index contributed by atoms with van der Waals surface area (Å²) in [5.74, 6) is 0.931. The molecule has 3 heterocycles. The monoisotopic (exact) mass is 349 g/mol. The lowest BCUT2D eigenvalue weighted by molar-refractivity contribution is -0.137. The van der Waals surface area contributed by atoms with E-state index in [0.717, 1.165) is 31.4 Å². The first-order valence-corrected chi connectivity index (χ1v) is 10.9. The van der Waals surface area contributed by atoms with Gasteiger partial charge in [0.2, 0.25) is 0 Å². The van der Waals surface area contributed by atoms with E-state index in [1.807, 2.05) is 0 Å². The zero-order chi connectivity index (χ0) is 16.2. The van der Waals surface area contributed by atoms with Crippen LogP contribution in [0, 0.1) is 0 Å². The van der Waals surface area contributed by atoms with Gasteiger partial charge in [0, 0.05) is 25.7 Å². The highest BCUT2D eigenvalue weighted by Crippen LogP contribution is 2.29. The van der Waals surface area contributed by atoms with Crippen LogP contribution in [0.3, 0.4) is 0 Å². The van der Waals surface area contributed by atoms with Crippen LogP contribution in [0.25, 0.3) is 0 Å². The van der Waals surface area contributed by atoms with Gasteiger partial charge in [0.15, 0.2) is 0 Å². The van der Waals surface area contributed by atoms with Crippen molar-refractivity contribution in [1.29, 1.82) is 0 Å². The van der Waals surface area contributed by atoms with Crippen molar-refractivity contribution in [3.63, 3.8) is 0 Å². The van der Waals surface area contributed by atoms with Crippen LogP contribution < -0.4 is 0 Å². The number of thioether (sulfide) groups is 1. The number of carbonyl (C=O) groups excluding carboxylic acids is 1. The highest BCUT2D eigenvalue weighted by atomic mass is 32.2. The van der Waals surface area contributed by atoms with E-state index in [0.29, 0.717) is 5.75 Å². The molecule has 0 spiro atoms. The highest BCUT2D eigenvalue weighted by Gasteiger charge is 2.48. The van der Waals surface area contributed by atoms with Gasteiger partial charge in [-0.3, -0.25) is 9.69 Å². The van der Waals surface area contributed by atoms with Crippen molar-refractivity contribution >= 4 is 26.5 Å². The number of esters is 1. The molecule has 3 rings (SSSR count). The first kappa shape index (κ1) is 18.2. The summed E-state index contributed by atoms with van der Waals surface area (Å²) in [6, 6.07) is 0.730. The maximum absolute atomic E-state index is 11.2. The molecular weight excluding hydrogens is 322 g/mol. The van der Waals surface area contributed by atoms with Crippen LogP contribution in [0.1, 0.15) is 20.8 Å². The lowest BCUT2D eigenvalue weighted by Crippen LogP contribution is -2.61. The van der Waals surface area contributed by atoms with Gasteiger partial charge in [-0.05, 0) is 26.5 Å². The summed E-state index contributed by atoms with van der Waals surface area (Å²) in [6.45, 7) is 9.00. The molecule has 0 unspecified atom stereocenters. The number of hydrogen-bond acceptors (Lipinski definition) is 7. The molecule has 22 heavy (non-hydrogen) atoms. The average Bonchev–Trinajstić information content (AvgIpc) is 2.39. The van der Waals surface area contributed by atoms with Crippen molar-refractivity contribution in [2.24, 2.45) is 0 Å². The molecule has 3 aliphatic rings. The molecule has 0 aromatic heterocycles. The Hall–Kier alpha value is -0.123. The molecular formula is C14H27NO5SSi. The Morgan fingerprint density at radius 2 is 1.64 bits per heavy atom. The van der Waals surface area contributed by atoms with Crippen molar-refractivity contribution in [3.05, 3.63) is 0 Å². The lowest BCUT2D eigenvalue weighted by Gasteiger charge is -2.45.